The number of amides is 2. The van der Waals surface area contributed by atoms with E-state index in [0.29, 0.717) is 18.3 Å². The molecule has 0 spiro atoms. The average Bonchev–Trinajstić information content (AvgIpc) is 2.59. The second-order valence-electron chi connectivity index (χ2n) is 8.21. The van der Waals surface area contributed by atoms with E-state index in [9.17, 15) is 9.59 Å². The highest BCUT2D eigenvalue weighted by molar-refractivity contribution is 5.98. The van der Waals surface area contributed by atoms with Crippen molar-refractivity contribution in [2.24, 2.45) is 5.41 Å². The van der Waals surface area contributed by atoms with Crippen molar-refractivity contribution in [3.8, 4) is 0 Å². The number of aliphatic hydroxyl groups excluding tert-OH is 1. The van der Waals surface area contributed by atoms with E-state index in [1.807, 2.05) is 12.1 Å². The lowest BCUT2D eigenvalue weighted by Gasteiger charge is -2.31. The second kappa shape index (κ2) is 7.23. The number of β-amino-alcohol motifs (C(OH)–C–C–N with tert-alkyl or cyclic N) is 1. The number of likely N-dealkylation sites (tertiary alicyclic amines) is 1. The Morgan fingerprint density at radius 2 is 1.92 bits per heavy atom. The molecule has 26 heavy (non-hydrogen) atoms. The van der Waals surface area contributed by atoms with E-state index < -0.39 is 0 Å². The molecule has 5 heteroatoms. The summed E-state index contributed by atoms with van der Waals surface area (Å²) in [4.78, 5) is 25.7. The number of hydrogen-bond acceptors (Lipinski definition) is 4. The van der Waals surface area contributed by atoms with E-state index in [-0.39, 0.29) is 30.9 Å². The Morgan fingerprint density at radius 3 is 2.50 bits per heavy atom. The Morgan fingerprint density at radius 1 is 1.23 bits per heavy atom. The van der Waals surface area contributed by atoms with Crippen LogP contribution in [0.3, 0.4) is 0 Å². The molecule has 5 nitrogen and oxygen atoms in total. The molecule has 3 N–H and O–H groups in total. The number of carbonyl (C=O) groups is 2. The lowest BCUT2D eigenvalue weighted by molar-refractivity contribution is -0.149. The van der Waals surface area contributed by atoms with Crippen molar-refractivity contribution >= 4 is 23.1 Å². The maximum Gasteiger partial charge on any atom is 0.229 e. The third-order valence-electron chi connectivity index (χ3n) is 5.63. The van der Waals surface area contributed by atoms with E-state index in [4.69, 9.17) is 10.8 Å². The molecule has 1 aliphatic heterocycles. The number of piperidine rings is 1. The molecule has 2 aliphatic rings. The van der Waals surface area contributed by atoms with Crippen molar-refractivity contribution < 1.29 is 14.7 Å². The molecule has 0 bridgehead atoms. The quantitative estimate of drug-likeness (QED) is 0.641. The van der Waals surface area contributed by atoms with Gasteiger partial charge in [0.05, 0.1) is 13.2 Å². The molecule has 0 aromatic heterocycles. The van der Waals surface area contributed by atoms with Crippen molar-refractivity contribution in [1.82, 2.24) is 4.90 Å². The third kappa shape index (κ3) is 3.83. The van der Waals surface area contributed by atoms with Gasteiger partial charge in [0.2, 0.25) is 11.8 Å². The summed E-state index contributed by atoms with van der Waals surface area (Å²) in [6.45, 7) is 4.44. The van der Waals surface area contributed by atoms with E-state index in [1.54, 1.807) is 0 Å². The highest BCUT2D eigenvalue weighted by atomic mass is 16.3. The number of hydrogen-bond donors (Lipinski definition) is 2. The van der Waals surface area contributed by atoms with Crippen LogP contribution in [-0.4, -0.2) is 35.0 Å². The van der Waals surface area contributed by atoms with Gasteiger partial charge in [-0.25, -0.2) is 0 Å². The molecular weight excluding hydrogens is 328 g/mol. The number of nitrogen functional groups attached to an aromatic ring is 1. The van der Waals surface area contributed by atoms with Gasteiger partial charge in [-0.05, 0) is 47.9 Å². The largest absolute Gasteiger partial charge is 0.398 e. The molecule has 140 valence electrons. The Bertz CT molecular complexity index is 734. The standard InChI is InChI=1S/C21H28N2O3/c1-21(2)7-5-14(6-8-21)17-11-15(3-4-18(17)22)16-12-19(25)23(9-10-24)20(26)13-16/h3-5,11,16,24H,6-10,12-13,22H2,1-2H3. The van der Waals surface area contributed by atoms with Gasteiger partial charge in [-0.1, -0.05) is 26.0 Å². The summed E-state index contributed by atoms with van der Waals surface area (Å²) in [5, 5.41) is 9.02. The van der Waals surface area contributed by atoms with Crippen LogP contribution in [0.25, 0.3) is 5.57 Å². The number of aliphatic hydroxyl groups is 1. The van der Waals surface area contributed by atoms with Crippen LogP contribution in [0.1, 0.15) is 63.0 Å². The van der Waals surface area contributed by atoms with Crippen molar-refractivity contribution in [3.05, 3.63) is 35.4 Å². The number of imide groups is 1. The topological polar surface area (TPSA) is 83.6 Å². The van der Waals surface area contributed by atoms with Crippen molar-refractivity contribution in [2.45, 2.75) is 51.9 Å². The molecular formula is C21H28N2O3. The molecule has 2 amide bonds. The molecule has 1 fully saturated rings. The fourth-order valence-electron chi connectivity index (χ4n) is 3.87. The Kier molecular flexibility index (Phi) is 5.19. The number of anilines is 1. The first kappa shape index (κ1) is 18.6. The molecule has 1 aromatic rings. The minimum atomic E-state index is -0.211. The molecule has 0 atom stereocenters. The van der Waals surface area contributed by atoms with Gasteiger partial charge in [0.1, 0.15) is 0 Å². The number of allylic oxidation sites excluding steroid dienone is 2. The first-order chi connectivity index (χ1) is 12.3. The second-order valence-corrected chi connectivity index (χ2v) is 8.21. The van der Waals surface area contributed by atoms with Crippen LogP contribution >= 0.6 is 0 Å². The minimum absolute atomic E-state index is 0.0834. The zero-order chi connectivity index (χ0) is 18.9. The minimum Gasteiger partial charge on any atom is -0.398 e. The van der Waals surface area contributed by atoms with Crippen LogP contribution in [-0.2, 0) is 9.59 Å². The highest BCUT2D eigenvalue weighted by Gasteiger charge is 2.33. The van der Waals surface area contributed by atoms with Crippen molar-refractivity contribution in [2.75, 3.05) is 18.9 Å². The molecule has 1 saturated heterocycles. The molecule has 1 aliphatic carbocycles. The van der Waals surface area contributed by atoms with E-state index >= 15 is 0 Å². The molecule has 0 unspecified atom stereocenters. The van der Waals surface area contributed by atoms with Gasteiger partial charge < -0.3 is 10.8 Å². The molecule has 0 radical (unpaired) electrons. The summed E-state index contributed by atoms with van der Waals surface area (Å²) in [5.41, 5.74) is 10.6. The first-order valence-corrected chi connectivity index (χ1v) is 9.33. The van der Waals surface area contributed by atoms with Crippen LogP contribution < -0.4 is 5.73 Å². The van der Waals surface area contributed by atoms with Crippen LogP contribution in [0.15, 0.2) is 24.3 Å². The predicted molar refractivity (Wildman–Crippen MR) is 102 cm³/mol. The van der Waals surface area contributed by atoms with Gasteiger partial charge in [-0.3, -0.25) is 14.5 Å². The fraction of sp³-hybridized carbons (Fsp3) is 0.524. The lowest BCUT2D eigenvalue weighted by atomic mass is 9.76. The zero-order valence-corrected chi connectivity index (χ0v) is 15.6. The van der Waals surface area contributed by atoms with Crippen LogP contribution in [0.5, 0.6) is 0 Å². The maximum absolute atomic E-state index is 12.3. The Labute approximate surface area is 154 Å². The number of rotatable bonds is 4. The zero-order valence-electron chi connectivity index (χ0n) is 15.6. The monoisotopic (exact) mass is 356 g/mol. The van der Waals surface area contributed by atoms with E-state index in [1.165, 1.54) is 10.5 Å². The van der Waals surface area contributed by atoms with Crippen molar-refractivity contribution in [3.63, 3.8) is 0 Å². The van der Waals surface area contributed by atoms with Gasteiger partial charge in [0.25, 0.3) is 0 Å². The number of nitrogens with zero attached hydrogens (tertiary/aromatic N) is 1. The lowest BCUT2D eigenvalue weighted by Crippen LogP contribution is -2.44. The van der Waals surface area contributed by atoms with E-state index in [0.717, 1.165) is 36.1 Å². The van der Waals surface area contributed by atoms with Gasteiger partial charge in [0.15, 0.2) is 0 Å². The molecule has 1 heterocycles. The van der Waals surface area contributed by atoms with Crippen LogP contribution in [0, 0.1) is 5.41 Å². The summed E-state index contributed by atoms with van der Waals surface area (Å²) in [6.07, 6.45) is 6.01. The predicted octanol–water partition coefficient (Wildman–Crippen LogP) is 3.09. The molecule has 3 rings (SSSR count). The summed E-state index contributed by atoms with van der Waals surface area (Å²) in [6, 6.07) is 5.88. The molecule has 1 aromatic carbocycles. The van der Waals surface area contributed by atoms with Gasteiger partial charge >= 0.3 is 0 Å². The van der Waals surface area contributed by atoms with Gasteiger partial charge in [-0.15, -0.1) is 0 Å². The highest BCUT2D eigenvalue weighted by Crippen LogP contribution is 2.40. The summed E-state index contributed by atoms with van der Waals surface area (Å²) >= 11 is 0. The fourth-order valence-corrected chi connectivity index (χ4v) is 3.87. The average molecular weight is 356 g/mol. The van der Waals surface area contributed by atoms with Gasteiger partial charge in [0, 0.05) is 30.0 Å². The third-order valence-corrected chi connectivity index (χ3v) is 5.63. The number of carbonyl (C=O) groups excluding carboxylic acids is 2. The first-order valence-electron chi connectivity index (χ1n) is 9.33. The maximum atomic E-state index is 12.3. The van der Waals surface area contributed by atoms with E-state index in [2.05, 4.69) is 26.0 Å². The number of nitrogens with two attached hydrogens (primary N) is 1. The Balaban J connectivity index is 1.83. The summed E-state index contributed by atoms with van der Waals surface area (Å²) in [5.74, 6) is -0.542. The normalized spacial score (nSPS) is 21.0. The van der Waals surface area contributed by atoms with Crippen molar-refractivity contribution in [1.29, 1.82) is 0 Å². The summed E-state index contributed by atoms with van der Waals surface area (Å²) in [7, 11) is 0. The SMILES string of the molecule is CC1(C)CC=C(c2cc(C3CC(=O)N(CCO)C(=O)C3)ccc2N)CC1. The number of benzene rings is 1. The smallest absolute Gasteiger partial charge is 0.229 e. The molecule has 0 saturated carbocycles. The van der Waals surface area contributed by atoms with Gasteiger partial charge in [-0.2, -0.15) is 0 Å². The van der Waals surface area contributed by atoms with Crippen LogP contribution in [0.4, 0.5) is 5.69 Å². The Hall–Kier alpha value is -2.14. The summed E-state index contributed by atoms with van der Waals surface area (Å²) < 4.78 is 0. The van der Waals surface area contributed by atoms with Crippen LogP contribution in [0.2, 0.25) is 0 Å².